The minimum Gasteiger partial charge on any atom is -0.490 e. The van der Waals surface area contributed by atoms with Gasteiger partial charge in [0, 0.05) is 12.3 Å². The zero-order valence-corrected chi connectivity index (χ0v) is 12.2. The van der Waals surface area contributed by atoms with Crippen molar-refractivity contribution in [2.75, 3.05) is 31.8 Å². The van der Waals surface area contributed by atoms with Crippen molar-refractivity contribution in [1.82, 2.24) is 9.97 Å². The van der Waals surface area contributed by atoms with Gasteiger partial charge in [-0.05, 0) is 6.42 Å². The first kappa shape index (κ1) is 15.6. The van der Waals surface area contributed by atoms with Gasteiger partial charge in [0.1, 0.15) is 11.4 Å². The topological polar surface area (TPSA) is 73.3 Å². The molecule has 19 heavy (non-hydrogen) atoms. The van der Waals surface area contributed by atoms with E-state index in [1.165, 1.54) is 25.2 Å². The van der Waals surface area contributed by atoms with Gasteiger partial charge in [0.15, 0.2) is 11.6 Å². The Morgan fingerprint density at radius 2 is 2.21 bits per heavy atom. The number of methoxy groups -OCH3 is 2. The standard InChI is InChI=1S/C12H19N3O3S/c1-4-6-13-11-10(18-3)12(15-8-14-11)19-7-5-9(16)17-2/h8H,4-7H2,1-3H3,(H,13,14,15). The fourth-order valence-electron chi connectivity index (χ4n) is 1.35. The van der Waals surface area contributed by atoms with Gasteiger partial charge in [0.2, 0.25) is 0 Å². The van der Waals surface area contributed by atoms with E-state index >= 15 is 0 Å². The quantitative estimate of drug-likeness (QED) is 0.444. The van der Waals surface area contributed by atoms with E-state index in [0.29, 0.717) is 23.7 Å². The van der Waals surface area contributed by atoms with E-state index < -0.39 is 0 Å². The van der Waals surface area contributed by atoms with Crippen molar-refractivity contribution in [3.63, 3.8) is 0 Å². The van der Waals surface area contributed by atoms with Gasteiger partial charge in [-0.3, -0.25) is 4.79 Å². The third-order valence-electron chi connectivity index (χ3n) is 2.29. The summed E-state index contributed by atoms with van der Waals surface area (Å²) in [6.07, 6.45) is 2.82. The highest BCUT2D eigenvalue weighted by Crippen LogP contribution is 2.32. The van der Waals surface area contributed by atoms with Crippen LogP contribution in [-0.4, -0.2) is 42.5 Å². The molecule has 1 N–H and O–H groups in total. The van der Waals surface area contributed by atoms with Crippen LogP contribution in [0.15, 0.2) is 11.4 Å². The summed E-state index contributed by atoms with van der Waals surface area (Å²) in [4.78, 5) is 19.4. The minimum atomic E-state index is -0.232. The zero-order valence-electron chi connectivity index (χ0n) is 11.4. The Balaban J connectivity index is 2.68. The number of anilines is 1. The molecule has 1 rings (SSSR count). The van der Waals surface area contributed by atoms with E-state index in [0.717, 1.165) is 18.0 Å². The summed E-state index contributed by atoms with van der Waals surface area (Å²) in [6, 6.07) is 0. The van der Waals surface area contributed by atoms with Crippen molar-refractivity contribution in [1.29, 1.82) is 0 Å². The highest BCUT2D eigenvalue weighted by atomic mass is 32.2. The van der Waals surface area contributed by atoms with E-state index in [9.17, 15) is 4.79 Å². The Bertz CT molecular complexity index is 415. The molecule has 0 fully saturated rings. The van der Waals surface area contributed by atoms with Gasteiger partial charge in [-0.25, -0.2) is 9.97 Å². The number of aromatic nitrogens is 2. The van der Waals surface area contributed by atoms with Gasteiger partial charge in [0.25, 0.3) is 0 Å². The molecule has 0 saturated carbocycles. The molecule has 106 valence electrons. The number of hydrogen-bond acceptors (Lipinski definition) is 7. The number of nitrogens with one attached hydrogen (secondary N) is 1. The predicted octanol–water partition coefficient (Wildman–Crippen LogP) is 1.96. The SMILES string of the molecule is CCCNc1ncnc(SCCC(=O)OC)c1OC. The van der Waals surface area contributed by atoms with Crippen molar-refractivity contribution in [2.45, 2.75) is 24.8 Å². The lowest BCUT2D eigenvalue weighted by molar-refractivity contribution is -0.140. The number of nitrogens with zero attached hydrogens (tertiary/aromatic N) is 2. The molecule has 0 saturated heterocycles. The Hall–Kier alpha value is -1.50. The van der Waals surface area contributed by atoms with E-state index in [-0.39, 0.29) is 5.97 Å². The van der Waals surface area contributed by atoms with Crippen LogP contribution >= 0.6 is 11.8 Å². The third kappa shape index (κ3) is 4.94. The second-order valence-electron chi connectivity index (χ2n) is 3.66. The summed E-state index contributed by atoms with van der Waals surface area (Å²) >= 11 is 1.45. The van der Waals surface area contributed by atoms with Crippen LogP contribution in [-0.2, 0) is 9.53 Å². The van der Waals surface area contributed by atoms with Crippen LogP contribution in [0.3, 0.4) is 0 Å². The molecule has 0 aromatic carbocycles. The van der Waals surface area contributed by atoms with Gasteiger partial charge < -0.3 is 14.8 Å². The molecule has 6 nitrogen and oxygen atoms in total. The summed E-state index contributed by atoms with van der Waals surface area (Å²) in [5.74, 6) is 1.66. The van der Waals surface area contributed by atoms with E-state index in [4.69, 9.17) is 4.74 Å². The number of rotatable bonds is 8. The Morgan fingerprint density at radius 1 is 1.42 bits per heavy atom. The first-order chi connectivity index (χ1) is 9.22. The summed E-state index contributed by atoms with van der Waals surface area (Å²) in [5, 5.41) is 3.91. The molecular formula is C12H19N3O3S. The molecule has 0 spiro atoms. The monoisotopic (exact) mass is 285 g/mol. The average Bonchev–Trinajstić information content (AvgIpc) is 2.44. The molecule has 0 atom stereocenters. The number of carbonyl (C=O) groups excluding carboxylic acids is 1. The fraction of sp³-hybridized carbons (Fsp3) is 0.583. The number of hydrogen-bond donors (Lipinski definition) is 1. The Morgan fingerprint density at radius 3 is 2.84 bits per heavy atom. The lowest BCUT2D eigenvalue weighted by Gasteiger charge is -2.12. The van der Waals surface area contributed by atoms with Crippen molar-refractivity contribution in [3.05, 3.63) is 6.33 Å². The fourth-order valence-corrected chi connectivity index (χ4v) is 2.24. The molecule has 1 heterocycles. The molecule has 0 aliphatic carbocycles. The summed E-state index contributed by atoms with van der Waals surface area (Å²) < 4.78 is 9.93. The highest BCUT2D eigenvalue weighted by Gasteiger charge is 2.12. The summed E-state index contributed by atoms with van der Waals surface area (Å²) in [6.45, 7) is 2.90. The number of esters is 1. The first-order valence-corrected chi connectivity index (χ1v) is 7.04. The molecule has 0 aliphatic rings. The van der Waals surface area contributed by atoms with Gasteiger partial charge in [0.05, 0.1) is 20.6 Å². The number of carbonyl (C=O) groups is 1. The molecule has 0 radical (unpaired) electrons. The Kier molecular flexibility index (Phi) is 7.02. The molecular weight excluding hydrogens is 266 g/mol. The lowest BCUT2D eigenvalue weighted by atomic mass is 10.4. The normalized spacial score (nSPS) is 10.1. The van der Waals surface area contributed by atoms with Crippen LogP contribution in [0.25, 0.3) is 0 Å². The summed E-state index contributed by atoms with van der Waals surface area (Å²) in [7, 11) is 2.96. The van der Waals surface area contributed by atoms with E-state index in [1.54, 1.807) is 7.11 Å². The van der Waals surface area contributed by atoms with Gasteiger partial charge in [-0.1, -0.05) is 6.92 Å². The highest BCUT2D eigenvalue weighted by molar-refractivity contribution is 7.99. The van der Waals surface area contributed by atoms with Crippen LogP contribution in [0.5, 0.6) is 5.75 Å². The average molecular weight is 285 g/mol. The molecule has 0 aliphatic heterocycles. The zero-order chi connectivity index (χ0) is 14.1. The molecule has 0 unspecified atom stereocenters. The maximum absolute atomic E-state index is 11.1. The van der Waals surface area contributed by atoms with Crippen LogP contribution in [0, 0.1) is 0 Å². The van der Waals surface area contributed by atoms with Crippen molar-refractivity contribution in [2.24, 2.45) is 0 Å². The summed E-state index contributed by atoms with van der Waals surface area (Å²) in [5.41, 5.74) is 0. The predicted molar refractivity (Wildman–Crippen MR) is 74.7 cm³/mol. The smallest absolute Gasteiger partial charge is 0.306 e. The van der Waals surface area contributed by atoms with Crippen LogP contribution in [0.4, 0.5) is 5.82 Å². The van der Waals surface area contributed by atoms with E-state index in [2.05, 4.69) is 26.9 Å². The van der Waals surface area contributed by atoms with Gasteiger partial charge in [-0.15, -0.1) is 11.8 Å². The Labute approximate surface area is 117 Å². The van der Waals surface area contributed by atoms with Crippen molar-refractivity contribution >= 4 is 23.5 Å². The second kappa shape index (κ2) is 8.58. The lowest BCUT2D eigenvalue weighted by Crippen LogP contribution is -2.06. The minimum absolute atomic E-state index is 0.232. The maximum Gasteiger partial charge on any atom is 0.306 e. The maximum atomic E-state index is 11.1. The number of ether oxygens (including phenoxy) is 2. The third-order valence-corrected chi connectivity index (χ3v) is 3.26. The van der Waals surface area contributed by atoms with Gasteiger partial charge >= 0.3 is 5.97 Å². The van der Waals surface area contributed by atoms with Crippen LogP contribution in [0.1, 0.15) is 19.8 Å². The first-order valence-electron chi connectivity index (χ1n) is 6.05. The second-order valence-corrected chi connectivity index (χ2v) is 4.75. The molecule has 1 aromatic rings. The van der Waals surface area contributed by atoms with Crippen molar-refractivity contribution < 1.29 is 14.3 Å². The molecule has 1 aromatic heterocycles. The van der Waals surface area contributed by atoms with E-state index in [1.807, 2.05) is 0 Å². The largest absolute Gasteiger partial charge is 0.490 e. The molecule has 0 bridgehead atoms. The molecule has 0 amide bonds. The number of thioether (sulfide) groups is 1. The van der Waals surface area contributed by atoms with Crippen LogP contribution < -0.4 is 10.1 Å². The molecule has 7 heteroatoms. The van der Waals surface area contributed by atoms with Gasteiger partial charge in [-0.2, -0.15) is 0 Å². The van der Waals surface area contributed by atoms with Crippen LogP contribution in [0.2, 0.25) is 0 Å². The van der Waals surface area contributed by atoms with Crippen molar-refractivity contribution in [3.8, 4) is 5.75 Å².